The van der Waals surface area contributed by atoms with Crippen molar-refractivity contribution in [2.45, 2.75) is 0 Å². The zero-order chi connectivity index (χ0) is 7.68. The summed E-state index contributed by atoms with van der Waals surface area (Å²) in [5, 5.41) is 0.894. The largest absolute Gasteiger partial charge is 0.383 e. The first-order chi connectivity index (χ1) is 5.38. The number of pyridine rings is 1. The fourth-order valence-corrected chi connectivity index (χ4v) is 2.24. The lowest BCUT2D eigenvalue weighted by atomic mass is 10.3. The molecule has 0 bridgehead atoms. The van der Waals surface area contributed by atoms with Gasteiger partial charge in [-0.3, -0.25) is 4.98 Å². The van der Waals surface area contributed by atoms with E-state index < -0.39 is 7.80 Å². The van der Waals surface area contributed by atoms with Gasteiger partial charge in [0.2, 0.25) is 5.30 Å². The molecular weight excluding hydrogens is 157 g/mol. The number of hydrogen-bond acceptors (Lipinski definition) is 2. The van der Waals surface area contributed by atoms with Crippen molar-refractivity contribution >= 4 is 19.2 Å². The van der Waals surface area contributed by atoms with Gasteiger partial charge in [0, 0.05) is 6.20 Å². The molecule has 2 rings (SSSR count). The Morgan fingerprint density at radius 2 is 2.45 bits per heavy atom. The van der Waals surface area contributed by atoms with Crippen LogP contribution in [0.3, 0.4) is 0 Å². The Balaban J connectivity index is 2.63. The van der Waals surface area contributed by atoms with E-state index in [2.05, 4.69) is 4.98 Å². The lowest BCUT2D eigenvalue weighted by Crippen LogP contribution is -2.07. The van der Waals surface area contributed by atoms with Gasteiger partial charge in [-0.15, -0.1) is 0 Å². The van der Waals surface area contributed by atoms with Crippen LogP contribution in [0.4, 0.5) is 0 Å². The quantitative estimate of drug-likeness (QED) is 0.544. The highest BCUT2D eigenvalue weighted by molar-refractivity contribution is 7.54. The normalized spacial score (nSPS) is 18.0. The molecule has 2 heterocycles. The minimum absolute atomic E-state index is 0.661. The van der Waals surface area contributed by atoms with Crippen LogP contribution >= 0.6 is 7.80 Å². The van der Waals surface area contributed by atoms with Gasteiger partial charge in [0.1, 0.15) is 5.69 Å². The summed E-state index contributed by atoms with van der Waals surface area (Å²) in [6.07, 6.45) is 6.21. The number of aromatic nitrogens is 1. The highest BCUT2D eigenvalue weighted by Crippen LogP contribution is 2.25. The molecule has 2 nitrogen and oxygen atoms in total. The Kier molecular flexibility index (Phi) is 1.55. The van der Waals surface area contributed by atoms with Gasteiger partial charge in [-0.05, 0) is 24.3 Å². The Bertz CT molecular complexity index is 333. The summed E-state index contributed by atoms with van der Waals surface area (Å²) in [7, 11) is -1.21. The summed E-state index contributed by atoms with van der Waals surface area (Å²) in [6.45, 7) is 0. The summed E-state index contributed by atoms with van der Waals surface area (Å²) < 4.78 is 11.3. The van der Waals surface area contributed by atoms with Crippen LogP contribution in [0.5, 0.6) is 0 Å². The minimum atomic E-state index is -1.21. The zero-order valence-corrected chi connectivity index (χ0v) is 6.79. The van der Waals surface area contributed by atoms with Crippen LogP contribution in [0.2, 0.25) is 0 Å². The van der Waals surface area contributed by atoms with E-state index in [1.54, 1.807) is 6.20 Å². The van der Waals surface area contributed by atoms with Gasteiger partial charge in [-0.25, -0.2) is 0 Å². The number of nitrogens with zero attached hydrogens (tertiary/aromatic N) is 1. The lowest BCUT2D eigenvalue weighted by molar-refractivity contribution is 0.594. The molecule has 1 aromatic rings. The zero-order valence-electron chi connectivity index (χ0n) is 5.90. The molecule has 0 radical (unpaired) electrons. The molecule has 1 aliphatic rings. The molecule has 0 saturated heterocycles. The molecule has 0 amide bonds. The van der Waals surface area contributed by atoms with Gasteiger partial charge in [0.15, 0.2) is 6.16 Å². The highest BCUT2D eigenvalue weighted by Gasteiger charge is 2.24. The van der Waals surface area contributed by atoms with E-state index in [1.165, 1.54) is 0 Å². The first-order valence-electron chi connectivity index (χ1n) is 3.44. The summed E-state index contributed by atoms with van der Waals surface area (Å²) >= 11 is 0. The molecule has 0 N–H and O–H groups in total. The van der Waals surface area contributed by atoms with E-state index in [-0.39, 0.29) is 0 Å². The maximum absolute atomic E-state index is 11.3. The molecule has 0 aliphatic carbocycles. The van der Waals surface area contributed by atoms with Crippen LogP contribution in [-0.4, -0.2) is 11.1 Å². The maximum atomic E-state index is 11.3. The van der Waals surface area contributed by atoms with Crippen molar-refractivity contribution in [3.63, 3.8) is 0 Å². The second-order valence-electron chi connectivity index (χ2n) is 2.37. The summed E-state index contributed by atoms with van der Waals surface area (Å²) in [5.41, 5.74) is 0.861. The summed E-state index contributed by atoms with van der Waals surface area (Å²) in [5.74, 6) is 0. The number of hydrogen-bond donors (Lipinski definition) is 0. The fraction of sp³-hybridized carbons (Fsp3) is 0.125. The molecule has 1 atom stereocenters. The molecule has 0 spiro atoms. The van der Waals surface area contributed by atoms with Crippen LogP contribution in [0, 0.1) is 0 Å². The number of allylic oxidation sites excluding steroid dienone is 1. The first-order valence-corrected chi connectivity index (χ1v) is 4.88. The van der Waals surface area contributed by atoms with E-state index in [0.29, 0.717) is 6.16 Å². The average molecular weight is 164 g/mol. The van der Waals surface area contributed by atoms with Crippen LogP contribution in [0.15, 0.2) is 24.4 Å². The monoisotopic (exact) mass is 164 g/mol. The van der Waals surface area contributed by atoms with Crippen LogP contribution < -0.4 is 5.30 Å². The Labute approximate surface area is 65.8 Å². The molecule has 1 unspecified atom stereocenters. The third-order valence-electron chi connectivity index (χ3n) is 1.63. The van der Waals surface area contributed by atoms with Crippen molar-refractivity contribution < 1.29 is 4.57 Å². The smallest absolute Gasteiger partial charge is 0.252 e. The topological polar surface area (TPSA) is 30.0 Å². The third kappa shape index (κ3) is 1.10. The molecular formula is C8H7NOP+. The van der Waals surface area contributed by atoms with E-state index in [4.69, 9.17) is 0 Å². The molecule has 54 valence electrons. The third-order valence-corrected chi connectivity index (χ3v) is 3.09. The van der Waals surface area contributed by atoms with Crippen molar-refractivity contribution in [1.29, 1.82) is 0 Å². The maximum Gasteiger partial charge on any atom is 0.383 e. The van der Waals surface area contributed by atoms with Crippen LogP contribution in [0.25, 0.3) is 6.08 Å². The molecule has 0 saturated carbocycles. The predicted molar refractivity (Wildman–Crippen MR) is 45.4 cm³/mol. The first kappa shape index (κ1) is 6.68. The van der Waals surface area contributed by atoms with Crippen LogP contribution in [0.1, 0.15) is 5.69 Å². The van der Waals surface area contributed by atoms with Gasteiger partial charge in [0.05, 0.1) is 0 Å². The molecule has 0 fully saturated rings. The SMILES string of the molecule is O=[P+]1CC=Cc2ncccc21. The van der Waals surface area contributed by atoms with Crippen molar-refractivity contribution in [2.75, 3.05) is 6.16 Å². The molecule has 0 aromatic carbocycles. The number of rotatable bonds is 0. The Morgan fingerprint density at radius 3 is 3.27 bits per heavy atom. The van der Waals surface area contributed by atoms with Gasteiger partial charge < -0.3 is 0 Å². The van der Waals surface area contributed by atoms with Crippen molar-refractivity contribution in [2.24, 2.45) is 0 Å². The lowest BCUT2D eigenvalue weighted by Gasteiger charge is -1.96. The average Bonchev–Trinajstić information content (AvgIpc) is 2.06. The van der Waals surface area contributed by atoms with Gasteiger partial charge in [-0.2, -0.15) is 0 Å². The van der Waals surface area contributed by atoms with Crippen molar-refractivity contribution in [1.82, 2.24) is 4.98 Å². The molecule has 3 heteroatoms. The van der Waals surface area contributed by atoms with E-state index >= 15 is 0 Å². The van der Waals surface area contributed by atoms with E-state index in [9.17, 15) is 4.57 Å². The minimum Gasteiger partial charge on any atom is -0.252 e. The van der Waals surface area contributed by atoms with Crippen LogP contribution in [-0.2, 0) is 4.57 Å². The second kappa shape index (κ2) is 2.55. The second-order valence-corrected chi connectivity index (χ2v) is 3.98. The van der Waals surface area contributed by atoms with Gasteiger partial charge in [-0.1, -0.05) is 4.57 Å². The highest BCUT2D eigenvalue weighted by atomic mass is 31.1. The summed E-state index contributed by atoms with van der Waals surface area (Å²) in [6, 6.07) is 3.70. The van der Waals surface area contributed by atoms with E-state index in [1.807, 2.05) is 24.3 Å². The predicted octanol–water partition coefficient (Wildman–Crippen LogP) is 1.56. The number of fused-ring (bicyclic) bond motifs is 1. The van der Waals surface area contributed by atoms with Gasteiger partial charge in [0.25, 0.3) is 0 Å². The molecule has 1 aromatic heterocycles. The standard InChI is InChI=1S/C8H7NOP/c10-11-6-2-3-7-8(11)4-1-5-9-7/h1-5H,6H2/q+1. The molecule has 1 aliphatic heterocycles. The van der Waals surface area contributed by atoms with Crippen molar-refractivity contribution in [3.8, 4) is 0 Å². The van der Waals surface area contributed by atoms with Crippen molar-refractivity contribution in [3.05, 3.63) is 30.1 Å². The summed E-state index contributed by atoms with van der Waals surface area (Å²) in [4.78, 5) is 4.10. The molecule has 11 heavy (non-hydrogen) atoms. The van der Waals surface area contributed by atoms with Gasteiger partial charge >= 0.3 is 7.80 Å². The fourth-order valence-electron chi connectivity index (χ4n) is 1.11. The van der Waals surface area contributed by atoms with E-state index in [0.717, 1.165) is 11.0 Å². The Morgan fingerprint density at radius 1 is 1.55 bits per heavy atom. The Hall–Kier alpha value is -1.01.